The molecule has 3 aromatic rings. The van der Waals surface area contributed by atoms with Gasteiger partial charge in [0.25, 0.3) is 0 Å². The Morgan fingerprint density at radius 3 is 2.29 bits per heavy atom. The molecule has 0 atom stereocenters. The van der Waals surface area contributed by atoms with Crippen molar-refractivity contribution in [3.63, 3.8) is 0 Å². The maximum absolute atomic E-state index is 5.94. The Labute approximate surface area is 129 Å². The highest BCUT2D eigenvalue weighted by Gasteiger charge is 2.10. The van der Waals surface area contributed by atoms with E-state index >= 15 is 0 Å². The monoisotopic (exact) mass is 297 g/mol. The van der Waals surface area contributed by atoms with Crippen molar-refractivity contribution in [3.05, 3.63) is 65.2 Å². The van der Waals surface area contributed by atoms with Crippen molar-refractivity contribution in [1.29, 1.82) is 0 Å². The molecule has 106 valence electrons. The molecule has 0 unspecified atom stereocenters. The number of hydrogen-bond donors (Lipinski definition) is 1. The van der Waals surface area contributed by atoms with E-state index in [9.17, 15) is 0 Å². The van der Waals surface area contributed by atoms with E-state index in [2.05, 4.69) is 36.5 Å². The normalized spacial score (nSPS) is 10.6. The topological polar surface area (TPSA) is 29.9 Å². The Bertz CT molecular complexity index is 743. The Balaban J connectivity index is 2.05. The fourth-order valence-electron chi connectivity index (χ4n) is 2.20. The Kier molecular flexibility index (Phi) is 3.67. The highest BCUT2D eigenvalue weighted by Crippen LogP contribution is 2.25. The molecule has 3 rings (SSSR count). The van der Waals surface area contributed by atoms with E-state index < -0.39 is 0 Å². The minimum Gasteiger partial charge on any atom is -0.373 e. The molecule has 0 amide bonds. The average molecular weight is 298 g/mol. The van der Waals surface area contributed by atoms with E-state index in [1.165, 1.54) is 5.56 Å². The molecule has 1 heterocycles. The maximum atomic E-state index is 5.94. The second kappa shape index (κ2) is 5.62. The number of anilines is 1. The van der Waals surface area contributed by atoms with E-state index in [-0.39, 0.29) is 0 Å². The molecule has 2 aromatic carbocycles. The average Bonchev–Trinajstić information content (AvgIpc) is 2.93. The molecule has 0 fully saturated rings. The van der Waals surface area contributed by atoms with Crippen molar-refractivity contribution in [2.75, 3.05) is 12.4 Å². The molecule has 21 heavy (non-hydrogen) atoms. The first kappa shape index (κ1) is 13.7. The molecule has 4 heteroatoms. The van der Waals surface area contributed by atoms with Crippen LogP contribution in [0.25, 0.3) is 16.9 Å². The van der Waals surface area contributed by atoms with Gasteiger partial charge in [0.05, 0.1) is 11.4 Å². The Morgan fingerprint density at radius 2 is 1.67 bits per heavy atom. The lowest BCUT2D eigenvalue weighted by Crippen LogP contribution is -2.02. The van der Waals surface area contributed by atoms with Crippen LogP contribution < -0.4 is 5.32 Å². The molecular formula is C17H16ClN3. The highest BCUT2D eigenvalue weighted by molar-refractivity contribution is 6.30. The summed E-state index contributed by atoms with van der Waals surface area (Å²) in [7, 11) is 1.90. The third kappa shape index (κ3) is 2.78. The number of rotatable bonds is 3. The lowest BCUT2D eigenvalue weighted by molar-refractivity contribution is 0.888. The molecule has 0 spiro atoms. The predicted molar refractivity (Wildman–Crippen MR) is 88.3 cm³/mol. The van der Waals surface area contributed by atoms with Crippen molar-refractivity contribution in [3.8, 4) is 16.9 Å². The number of benzene rings is 2. The number of nitrogens with zero attached hydrogens (tertiary/aromatic N) is 2. The van der Waals surface area contributed by atoms with Crippen LogP contribution >= 0.6 is 11.6 Å². The van der Waals surface area contributed by atoms with Gasteiger partial charge in [-0.25, -0.2) is 4.68 Å². The van der Waals surface area contributed by atoms with Crippen LogP contribution in [0.2, 0.25) is 5.02 Å². The van der Waals surface area contributed by atoms with Crippen LogP contribution in [0, 0.1) is 6.92 Å². The van der Waals surface area contributed by atoms with Gasteiger partial charge in [-0.1, -0.05) is 41.4 Å². The number of hydrogen-bond acceptors (Lipinski definition) is 2. The van der Waals surface area contributed by atoms with Gasteiger partial charge in [0.15, 0.2) is 0 Å². The number of halogens is 1. The lowest BCUT2D eigenvalue weighted by Gasteiger charge is -2.06. The summed E-state index contributed by atoms with van der Waals surface area (Å²) in [6.45, 7) is 2.07. The molecular weight excluding hydrogens is 282 g/mol. The maximum Gasteiger partial charge on any atom is 0.130 e. The van der Waals surface area contributed by atoms with Gasteiger partial charge in [-0.15, -0.1) is 0 Å². The molecule has 0 aliphatic heterocycles. The third-order valence-electron chi connectivity index (χ3n) is 3.38. The number of aromatic nitrogens is 2. The fraction of sp³-hybridized carbons (Fsp3) is 0.118. The summed E-state index contributed by atoms with van der Waals surface area (Å²) >= 11 is 5.94. The van der Waals surface area contributed by atoms with Gasteiger partial charge in [-0.05, 0) is 31.2 Å². The summed E-state index contributed by atoms with van der Waals surface area (Å²) < 4.78 is 1.91. The summed E-state index contributed by atoms with van der Waals surface area (Å²) in [5, 5.41) is 8.60. The third-order valence-corrected chi connectivity index (χ3v) is 3.64. The molecule has 0 aliphatic carbocycles. The SMILES string of the molecule is CNc1cc(-c2ccc(Cl)cc2)nn1-c1ccc(C)cc1. The van der Waals surface area contributed by atoms with E-state index in [0.717, 1.165) is 27.8 Å². The van der Waals surface area contributed by atoms with E-state index in [4.69, 9.17) is 16.7 Å². The second-order valence-electron chi connectivity index (χ2n) is 4.92. The molecule has 0 saturated carbocycles. The van der Waals surface area contributed by atoms with E-state index in [1.807, 2.05) is 42.1 Å². The highest BCUT2D eigenvalue weighted by atomic mass is 35.5. The van der Waals surface area contributed by atoms with Gasteiger partial charge in [0.1, 0.15) is 5.82 Å². The fourth-order valence-corrected chi connectivity index (χ4v) is 2.33. The first-order valence-corrected chi connectivity index (χ1v) is 7.16. The van der Waals surface area contributed by atoms with Crippen molar-refractivity contribution in [2.45, 2.75) is 6.92 Å². The minimum atomic E-state index is 0.727. The smallest absolute Gasteiger partial charge is 0.130 e. The summed E-state index contributed by atoms with van der Waals surface area (Å²) in [6.07, 6.45) is 0. The van der Waals surface area contributed by atoms with Gasteiger partial charge < -0.3 is 5.32 Å². The summed E-state index contributed by atoms with van der Waals surface area (Å²) in [5.41, 5.74) is 4.22. The van der Waals surface area contributed by atoms with Gasteiger partial charge in [0.2, 0.25) is 0 Å². The van der Waals surface area contributed by atoms with Crippen LogP contribution in [-0.4, -0.2) is 16.8 Å². The summed E-state index contributed by atoms with van der Waals surface area (Å²) in [5.74, 6) is 0.948. The van der Waals surface area contributed by atoms with Crippen molar-refractivity contribution in [1.82, 2.24) is 9.78 Å². The zero-order chi connectivity index (χ0) is 14.8. The van der Waals surface area contributed by atoms with Crippen molar-refractivity contribution >= 4 is 17.4 Å². The molecule has 0 aliphatic rings. The summed E-state index contributed by atoms with van der Waals surface area (Å²) in [6, 6.07) is 18.0. The van der Waals surface area contributed by atoms with Crippen LogP contribution in [0.5, 0.6) is 0 Å². The first-order chi connectivity index (χ1) is 10.2. The second-order valence-corrected chi connectivity index (χ2v) is 5.36. The van der Waals surface area contributed by atoms with Crippen molar-refractivity contribution < 1.29 is 0 Å². The lowest BCUT2D eigenvalue weighted by atomic mass is 10.1. The van der Waals surface area contributed by atoms with Gasteiger partial charge in [-0.3, -0.25) is 0 Å². The van der Waals surface area contributed by atoms with E-state index in [1.54, 1.807) is 0 Å². The van der Waals surface area contributed by atoms with Crippen LogP contribution in [-0.2, 0) is 0 Å². The largest absolute Gasteiger partial charge is 0.373 e. The number of nitrogens with one attached hydrogen (secondary N) is 1. The van der Waals surface area contributed by atoms with Crippen LogP contribution in [0.15, 0.2) is 54.6 Å². The molecule has 3 nitrogen and oxygen atoms in total. The van der Waals surface area contributed by atoms with Gasteiger partial charge >= 0.3 is 0 Å². The van der Waals surface area contributed by atoms with Crippen LogP contribution in [0.1, 0.15) is 5.56 Å². The van der Waals surface area contributed by atoms with Crippen LogP contribution in [0.3, 0.4) is 0 Å². The Morgan fingerprint density at radius 1 is 1.00 bits per heavy atom. The zero-order valence-corrected chi connectivity index (χ0v) is 12.7. The molecule has 0 saturated heterocycles. The van der Waals surface area contributed by atoms with Gasteiger partial charge in [0, 0.05) is 23.7 Å². The quantitative estimate of drug-likeness (QED) is 0.769. The molecule has 0 bridgehead atoms. The molecule has 0 radical (unpaired) electrons. The molecule has 1 aromatic heterocycles. The Hall–Kier alpha value is -2.26. The standard InChI is InChI=1S/C17H16ClN3/c1-12-3-9-15(10-4-12)21-17(19-2)11-16(20-21)13-5-7-14(18)8-6-13/h3-11,19H,1-2H3. The molecule has 1 N–H and O–H groups in total. The van der Waals surface area contributed by atoms with Gasteiger partial charge in [-0.2, -0.15) is 5.10 Å². The summed E-state index contributed by atoms with van der Waals surface area (Å²) in [4.78, 5) is 0. The van der Waals surface area contributed by atoms with E-state index in [0.29, 0.717) is 0 Å². The predicted octanol–water partition coefficient (Wildman–Crippen LogP) is 4.54. The minimum absolute atomic E-state index is 0.727. The number of aryl methyl sites for hydroxylation is 1. The first-order valence-electron chi connectivity index (χ1n) is 6.78. The zero-order valence-electron chi connectivity index (χ0n) is 12.0. The van der Waals surface area contributed by atoms with Crippen molar-refractivity contribution in [2.24, 2.45) is 0 Å². The van der Waals surface area contributed by atoms with Crippen LogP contribution in [0.4, 0.5) is 5.82 Å².